The number of pyridine rings is 2. The minimum atomic E-state index is -0.700. The number of aryl methyl sites for hydroxylation is 1. The number of rotatable bonds is 4. The number of fused-ring (bicyclic) bond motifs is 4. The third-order valence-corrected chi connectivity index (χ3v) is 7.58. The van der Waals surface area contributed by atoms with E-state index < -0.39 is 5.89 Å². The Hall–Kier alpha value is -4.90. The molecule has 0 bridgehead atoms. The summed E-state index contributed by atoms with van der Waals surface area (Å²) in [5.41, 5.74) is 8.96. The Balaban J connectivity index is 0.000000241. The third-order valence-electron chi connectivity index (χ3n) is 7.58. The SMILES string of the molecule is [2H]C(C)(C)c1ccc2c(c1)oc1c(-c3nc4cc(C)ncc4n3-c3ccccc3)[c-]ccc12.[Ir].[c-]1ccccc1-c1ccccn1. The fourth-order valence-corrected chi connectivity index (χ4v) is 5.38. The quantitative estimate of drug-likeness (QED) is 0.168. The molecule has 6 heteroatoms. The van der Waals surface area contributed by atoms with Crippen LogP contribution < -0.4 is 0 Å². The predicted octanol–water partition coefficient (Wildman–Crippen LogP) is 9.77. The van der Waals surface area contributed by atoms with Crippen molar-refractivity contribution in [2.24, 2.45) is 0 Å². The first-order chi connectivity index (χ1) is 21.9. The van der Waals surface area contributed by atoms with Crippen LogP contribution in [0.5, 0.6) is 0 Å². The number of benzene rings is 4. The summed E-state index contributed by atoms with van der Waals surface area (Å²) in [6, 6.07) is 42.3. The fraction of sp³-hybridized carbons (Fsp3) is 0.103. The molecule has 0 fully saturated rings. The van der Waals surface area contributed by atoms with E-state index in [1.165, 1.54) is 0 Å². The molecule has 0 spiro atoms. The van der Waals surface area contributed by atoms with E-state index in [0.29, 0.717) is 0 Å². The molecular formula is C39H30IrN4O-2. The Morgan fingerprint density at radius 3 is 2.40 bits per heavy atom. The molecule has 8 aromatic rings. The van der Waals surface area contributed by atoms with Gasteiger partial charge in [-0.05, 0) is 54.4 Å². The largest absolute Gasteiger partial charge is 0.501 e. The van der Waals surface area contributed by atoms with E-state index in [1.54, 1.807) is 6.20 Å². The van der Waals surface area contributed by atoms with Gasteiger partial charge in [0.1, 0.15) is 5.58 Å². The first kappa shape index (κ1) is 28.8. The maximum atomic E-state index is 8.39. The Kier molecular flexibility index (Phi) is 8.33. The smallest absolute Gasteiger partial charge is 0.121 e. The van der Waals surface area contributed by atoms with Crippen LogP contribution in [0.4, 0.5) is 0 Å². The van der Waals surface area contributed by atoms with Gasteiger partial charge in [-0.1, -0.05) is 67.3 Å². The normalized spacial score (nSPS) is 11.6. The summed E-state index contributed by atoms with van der Waals surface area (Å²) < 4.78 is 16.9. The van der Waals surface area contributed by atoms with Gasteiger partial charge in [-0.2, -0.15) is 0 Å². The van der Waals surface area contributed by atoms with Crippen molar-refractivity contribution in [1.82, 2.24) is 19.5 Å². The van der Waals surface area contributed by atoms with Crippen LogP contribution >= 0.6 is 0 Å². The van der Waals surface area contributed by atoms with Crippen LogP contribution in [0.3, 0.4) is 0 Å². The van der Waals surface area contributed by atoms with E-state index in [-0.39, 0.29) is 20.1 Å². The zero-order valence-corrected chi connectivity index (χ0v) is 27.5. The van der Waals surface area contributed by atoms with E-state index in [0.717, 1.165) is 72.6 Å². The molecule has 5 nitrogen and oxygen atoms in total. The number of para-hydroxylation sites is 1. The molecule has 0 saturated carbocycles. The summed E-state index contributed by atoms with van der Waals surface area (Å²) in [5.74, 6) is 0.0585. The van der Waals surface area contributed by atoms with Gasteiger partial charge in [0.15, 0.2) is 0 Å². The number of aromatic nitrogens is 4. The van der Waals surface area contributed by atoms with Gasteiger partial charge < -0.3 is 14.0 Å². The van der Waals surface area contributed by atoms with Crippen molar-refractivity contribution in [2.75, 3.05) is 0 Å². The first-order valence-corrected chi connectivity index (χ1v) is 14.5. The molecule has 223 valence electrons. The van der Waals surface area contributed by atoms with Gasteiger partial charge >= 0.3 is 0 Å². The summed E-state index contributed by atoms with van der Waals surface area (Å²) in [5, 5.41) is 2.03. The molecule has 8 rings (SSSR count). The Morgan fingerprint density at radius 2 is 1.64 bits per heavy atom. The third kappa shape index (κ3) is 5.95. The monoisotopic (exact) mass is 764 g/mol. The van der Waals surface area contributed by atoms with Gasteiger partial charge in [0, 0.05) is 44.4 Å². The molecule has 45 heavy (non-hydrogen) atoms. The number of nitrogens with zero attached hydrogens (tertiary/aromatic N) is 4. The molecule has 0 saturated heterocycles. The van der Waals surface area contributed by atoms with Crippen molar-refractivity contribution < 1.29 is 25.9 Å². The topological polar surface area (TPSA) is 56.7 Å². The second-order valence-electron chi connectivity index (χ2n) is 10.8. The van der Waals surface area contributed by atoms with Gasteiger partial charge in [0.2, 0.25) is 0 Å². The molecule has 0 N–H and O–H groups in total. The molecular weight excluding hydrogens is 733 g/mol. The summed E-state index contributed by atoms with van der Waals surface area (Å²) in [4.78, 5) is 13.7. The predicted molar refractivity (Wildman–Crippen MR) is 178 cm³/mol. The van der Waals surface area contributed by atoms with E-state index in [9.17, 15) is 0 Å². The second-order valence-corrected chi connectivity index (χ2v) is 10.8. The van der Waals surface area contributed by atoms with E-state index in [2.05, 4.69) is 38.8 Å². The average molecular weight is 764 g/mol. The zero-order valence-electron chi connectivity index (χ0n) is 26.1. The maximum absolute atomic E-state index is 8.39. The van der Waals surface area contributed by atoms with E-state index >= 15 is 0 Å². The zero-order chi connectivity index (χ0) is 31.0. The van der Waals surface area contributed by atoms with Crippen molar-refractivity contribution in [2.45, 2.75) is 26.7 Å². The Bertz CT molecular complexity index is 2220. The van der Waals surface area contributed by atoms with Crippen LogP contribution in [0.15, 0.2) is 126 Å². The van der Waals surface area contributed by atoms with Crippen LogP contribution in [0.2, 0.25) is 0 Å². The minimum Gasteiger partial charge on any atom is -0.501 e. The first-order valence-electron chi connectivity index (χ1n) is 15.0. The molecule has 0 aliphatic rings. The number of imidazole rings is 1. The second kappa shape index (κ2) is 13.0. The van der Waals surface area contributed by atoms with Crippen molar-refractivity contribution >= 4 is 33.0 Å². The van der Waals surface area contributed by atoms with Crippen LogP contribution in [-0.4, -0.2) is 19.5 Å². The van der Waals surface area contributed by atoms with Gasteiger partial charge in [-0.3, -0.25) is 9.97 Å². The molecule has 0 aliphatic carbocycles. The van der Waals surface area contributed by atoms with E-state index in [4.69, 9.17) is 10.8 Å². The standard InChI is InChI=1S/C28H22N3O.C11H8N.Ir/c1-17(2)19-12-13-21-22-10-7-11-23(27(22)32-26(21)15-19)28-30-24-14-18(3)29-16-25(24)31(28)20-8-5-4-6-9-20;1-2-6-10(7-3-1)11-8-4-5-9-12-11;/h4-10,12-17H,1-3H3;1-6,8-9H;/q2*-1;/i17D;;. The number of hydrogen-bond acceptors (Lipinski definition) is 4. The van der Waals surface area contributed by atoms with Gasteiger partial charge in [0.25, 0.3) is 0 Å². The summed E-state index contributed by atoms with van der Waals surface area (Å²) in [6.45, 7) is 5.74. The van der Waals surface area contributed by atoms with Gasteiger partial charge in [0.05, 0.1) is 28.6 Å². The molecule has 0 unspecified atom stereocenters. The maximum Gasteiger partial charge on any atom is 0.121 e. The average Bonchev–Trinajstić information content (AvgIpc) is 3.64. The molecule has 0 atom stereocenters. The molecule has 1 radical (unpaired) electrons. The minimum absolute atomic E-state index is 0. The Morgan fingerprint density at radius 1 is 0.822 bits per heavy atom. The van der Waals surface area contributed by atoms with E-state index in [1.807, 2.05) is 124 Å². The molecule has 4 aromatic carbocycles. The molecule has 4 aromatic heterocycles. The van der Waals surface area contributed by atoms with Crippen LogP contribution in [0.25, 0.3) is 61.3 Å². The van der Waals surface area contributed by atoms with Crippen LogP contribution in [-0.2, 0) is 20.1 Å². The van der Waals surface area contributed by atoms with Crippen molar-refractivity contribution in [3.8, 4) is 28.3 Å². The molecule has 0 amide bonds. The number of hydrogen-bond donors (Lipinski definition) is 0. The molecule has 0 aliphatic heterocycles. The van der Waals surface area contributed by atoms with Crippen LogP contribution in [0, 0.1) is 19.1 Å². The number of furan rings is 1. The van der Waals surface area contributed by atoms with Crippen molar-refractivity contribution in [3.05, 3.63) is 145 Å². The summed E-state index contributed by atoms with van der Waals surface area (Å²) >= 11 is 0. The van der Waals surface area contributed by atoms with Crippen molar-refractivity contribution in [3.63, 3.8) is 0 Å². The summed E-state index contributed by atoms with van der Waals surface area (Å²) in [6.07, 6.45) is 3.66. The summed E-state index contributed by atoms with van der Waals surface area (Å²) in [7, 11) is 0. The molecule has 4 heterocycles. The van der Waals surface area contributed by atoms with Crippen LogP contribution in [0.1, 0.15) is 32.4 Å². The Labute approximate surface area is 277 Å². The van der Waals surface area contributed by atoms with Crippen molar-refractivity contribution in [1.29, 1.82) is 0 Å². The fourth-order valence-electron chi connectivity index (χ4n) is 5.38. The van der Waals surface area contributed by atoms with Gasteiger partial charge in [-0.25, -0.2) is 0 Å². The van der Waals surface area contributed by atoms with Gasteiger partial charge in [-0.15, -0.1) is 54.1 Å².